The molecule has 0 aliphatic carbocycles. The van der Waals surface area contributed by atoms with Crippen LogP contribution in [0, 0.1) is 5.92 Å². The van der Waals surface area contributed by atoms with Gasteiger partial charge in [-0.3, -0.25) is 4.79 Å². The van der Waals surface area contributed by atoms with E-state index in [4.69, 9.17) is 0 Å². The first-order chi connectivity index (χ1) is 6.63. The van der Waals surface area contributed by atoms with Gasteiger partial charge >= 0.3 is 0 Å². The lowest BCUT2D eigenvalue weighted by Gasteiger charge is -2.27. The van der Waals surface area contributed by atoms with Crippen LogP contribution in [0.25, 0.3) is 0 Å². The Morgan fingerprint density at radius 3 is 2.79 bits per heavy atom. The highest BCUT2D eigenvalue weighted by atomic mass is 16.1. The van der Waals surface area contributed by atoms with Gasteiger partial charge in [-0.1, -0.05) is 6.92 Å². The molecule has 3 unspecified atom stereocenters. The van der Waals surface area contributed by atoms with E-state index in [0.29, 0.717) is 12.1 Å². The monoisotopic (exact) mass is 198 g/mol. The summed E-state index contributed by atoms with van der Waals surface area (Å²) in [5, 5.41) is 6.38. The molecule has 1 amide bonds. The zero-order valence-corrected chi connectivity index (χ0v) is 9.47. The van der Waals surface area contributed by atoms with Gasteiger partial charge in [0.15, 0.2) is 0 Å². The molecule has 0 aromatic carbocycles. The highest BCUT2D eigenvalue weighted by Gasteiger charge is 2.24. The van der Waals surface area contributed by atoms with Crippen molar-refractivity contribution in [2.75, 3.05) is 6.54 Å². The lowest BCUT2D eigenvalue weighted by molar-refractivity contribution is -0.126. The molecule has 1 rings (SSSR count). The summed E-state index contributed by atoms with van der Waals surface area (Å²) in [5.74, 6) is 0.402. The van der Waals surface area contributed by atoms with Crippen LogP contribution >= 0.6 is 0 Å². The molecule has 3 nitrogen and oxygen atoms in total. The third-order valence-corrected chi connectivity index (χ3v) is 3.03. The lowest BCUT2D eigenvalue weighted by Crippen LogP contribution is -2.45. The zero-order chi connectivity index (χ0) is 10.6. The van der Waals surface area contributed by atoms with Gasteiger partial charge < -0.3 is 10.6 Å². The van der Waals surface area contributed by atoms with Crippen molar-refractivity contribution in [2.45, 2.75) is 52.1 Å². The van der Waals surface area contributed by atoms with Crippen LogP contribution in [-0.4, -0.2) is 24.5 Å². The minimum Gasteiger partial charge on any atom is -0.353 e. The zero-order valence-electron chi connectivity index (χ0n) is 9.47. The highest BCUT2D eigenvalue weighted by molar-refractivity contribution is 5.79. The molecule has 1 aliphatic heterocycles. The number of carbonyl (C=O) groups is 1. The van der Waals surface area contributed by atoms with E-state index in [2.05, 4.69) is 31.4 Å². The minimum absolute atomic E-state index is 0.181. The Hall–Kier alpha value is -0.570. The predicted molar refractivity (Wildman–Crippen MR) is 58.1 cm³/mol. The van der Waals surface area contributed by atoms with Crippen LogP contribution in [0.3, 0.4) is 0 Å². The summed E-state index contributed by atoms with van der Waals surface area (Å²) in [6.45, 7) is 7.15. The molecular formula is C11H22N2O. The van der Waals surface area contributed by atoms with Gasteiger partial charge in [0.25, 0.3) is 0 Å². The van der Waals surface area contributed by atoms with E-state index in [1.165, 1.54) is 0 Å². The first-order valence-electron chi connectivity index (χ1n) is 5.67. The normalized spacial score (nSPS) is 29.6. The highest BCUT2D eigenvalue weighted by Crippen LogP contribution is 2.14. The van der Waals surface area contributed by atoms with Crippen LogP contribution < -0.4 is 10.6 Å². The van der Waals surface area contributed by atoms with Gasteiger partial charge in [-0.15, -0.1) is 0 Å². The summed E-state index contributed by atoms with van der Waals surface area (Å²) in [5.41, 5.74) is 0. The molecular weight excluding hydrogens is 176 g/mol. The fraction of sp³-hybridized carbons (Fsp3) is 0.909. The van der Waals surface area contributed by atoms with Crippen molar-refractivity contribution in [1.29, 1.82) is 0 Å². The Bertz CT molecular complexity index is 186. The van der Waals surface area contributed by atoms with E-state index in [1.807, 2.05) is 0 Å². The average Bonchev–Trinajstić information content (AvgIpc) is 2.18. The van der Waals surface area contributed by atoms with Crippen LogP contribution in [0.2, 0.25) is 0 Å². The second-order valence-corrected chi connectivity index (χ2v) is 4.40. The summed E-state index contributed by atoms with van der Waals surface area (Å²) in [6.07, 6.45) is 3.14. The molecule has 1 aliphatic rings. The maximum Gasteiger partial charge on any atom is 0.224 e. The molecule has 1 saturated heterocycles. The molecule has 0 spiro atoms. The van der Waals surface area contributed by atoms with E-state index >= 15 is 0 Å². The van der Waals surface area contributed by atoms with Crippen molar-refractivity contribution in [3.05, 3.63) is 0 Å². The van der Waals surface area contributed by atoms with Crippen molar-refractivity contribution in [3.63, 3.8) is 0 Å². The van der Waals surface area contributed by atoms with Gasteiger partial charge in [-0.25, -0.2) is 0 Å². The van der Waals surface area contributed by atoms with Crippen molar-refractivity contribution in [3.8, 4) is 0 Å². The Morgan fingerprint density at radius 1 is 1.57 bits per heavy atom. The quantitative estimate of drug-likeness (QED) is 0.717. The van der Waals surface area contributed by atoms with Crippen molar-refractivity contribution >= 4 is 5.91 Å². The number of hydrogen-bond acceptors (Lipinski definition) is 2. The summed E-state index contributed by atoms with van der Waals surface area (Å²) < 4.78 is 0. The van der Waals surface area contributed by atoms with Gasteiger partial charge in [-0.05, 0) is 33.1 Å². The van der Waals surface area contributed by atoms with Crippen LogP contribution in [0.15, 0.2) is 0 Å². The van der Waals surface area contributed by atoms with E-state index in [0.717, 1.165) is 25.8 Å². The summed E-state index contributed by atoms with van der Waals surface area (Å²) in [7, 11) is 0. The second-order valence-electron chi connectivity index (χ2n) is 4.40. The first kappa shape index (κ1) is 11.5. The first-order valence-corrected chi connectivity index (χ1v) is 5.67. The van der Waals surface area contributed by atoms with Crippen molar-refractivity contribution < 1.29 is 4.79 Å². The van der Waals surface area contributed by atoms with Crippen molar-refractivity contribution in [2.24, 2.45) is 5.92 Å². The molecule has 3 heteroatoms. The van der Waals surface area contributed by atoms with E-state index in [1.54, 1.807) is 0 Å². The third kappa shape index (κ3) is 3.29. The fourth-order valence-corrected chi connectivity index (χ4v) is 1.69. The predicted octanol–water partition coefficient (Wildman–Crippen LogP) is 1.29. The summed E-state index contributed by atoms with van der Waals surface area (Å²) in [4.78, 5) is 11.7. The fourth-order valence-electron chi connectivity index (χ4n) is 1.69. The number of piperidine rings is 1. The van der Waals surface area contributed by atoms with Gasteiger partial charge in [0.05, 0.1) is 5.92 Å². The standard InChI is InChI=1S/C11H22N2O/c1-4-8(2)13-11(14)10-6-5-9(3)12-7-10/h8-10,12H,4-7H2,1-3H3,(H,13,14). The van der Waals surface area contributed by atoms with Gasteiger partial charge in [0.1, 0.15) is 0 Å². The molecule has 0 aromatic rings. The molecule has 1 heterocycles. The van der Waals surface area contributed by atoms with Gasteiger partial charge in [0, 0.05) is 18.6 Å². The Balaban J connectivity index is 2.30. The Labute approximate surface area is 86.6 Å². The number of rotatable bonds is 3. The van der Waals surface area contributed by atoms with Gasteiger partial charge in [-0.2, -0.15) is 0 Å². The molecule has 2 N–H and O–H groups in total. The molecule has 0 radical (unpaired) electrons. The van der Waals surface area contributed by atoms with Crippen LogP contribution in [0.5, 0.6) is 0 Å². The molecule has 1 fully saturated rings. The van der Waals surface area contributed by atoms with Crippen LogP contribution in [-0.2, 0) is 4.79 Å². The maximum atomic E-state index is 11.7. The van der Waals surface area contributed by atoms with E-state index in [9.17, 15) is 4.79 Å². The third-order valence-electron chi connectivity index (χ3n) is 3.03. The Morgan fingerprint density at radius 2 is 2.29 bits per heavy atom. The molecule has 0 aromatic heterocycles. The van der Waals surface area contributed by atoms with Crippen LogP contribution in [0.4, 0.5) is 0 Å². The Kier molecular flexibility index (Phi) is 4.39. The molecule has 82 valence electrons. The maximum absolute atomic E-state index is 11.7. The van der Waals surface area contributed by atoms with E-state index < -0.39 is 0 Å². The summed E-state index contributed by atoms with van der Waals surface area (Å²) >= 11 is 0. The topological polar surface area (TPSA) is 41.1 Å². The number of hydrogen-bond donors (Lipinski definition) is 2. The smallest absolute Gasteiger partial charge is 0.224 e. The number of nitrogens with one attached hydrogen (secondary N) is 2. The lowest BCUT2D eigenvalue weighted by atomic mass is 9.94. The van der Waals surface area contributed by atoms with Gasteiger partial charge in [0.2, 0.25) is 5.91 Å². The number of carbonyl (C=O) groups excluding carboxylic acids is 1. The van der Waals surface area contributed by atoms with Crippen LogP contribution in [0.1, 0.15) is 40.0 Å². The minimum atomic E-state index is 0.181. The number of amides is 1. The second kappa shape index (κ2) is 5.35. The molecule has 0 bridgehead atoms. The largest absolute Gasteiger partial charge is 0.353 e. The average molecular weight is 198 g/mol. The summed E-state index contributed by atoms with van der Waals surface area (Å²) in [6, 6.07) is 0.879. The van der Waals surface area contributed by atoms with Crippen molar-refractivity contribution in [1.82, 2.24) is 10.6 Å². The molecule has 0 saturated carbocycles. The SMILES string of the molecule is CCC(C)NC(=O)C1CCC(C)NC1. The van der Waals surface area contributed by atoms with E-state index in [-0.39, 0.29) is 11.8 Å². The molecule has 14 heavy (non-hydrogen) atoms. The molecule has 3 atom stereocenters.